The van der Waals surface area contributed by atoms with E-state index in [1.165, 1.54) is 0 Å². The molecule has 0 spiro atoms. The van der Waals surface area contributed by atoms with Crippen LogP contribution in [0.4, 0.5) is 5.69 Å². The number of amides is 1. The maximum Gasteiger partial charge on any atom is 0.227 e. The lowest BCUT2D eigenvalue weighted by atomic mass is 10.0. The van der Waals surface area contributed by atoms with Crippen LogP contribution in [0, 0.1) is 17.2 Å². The highest BCUT2D eigenvalue weighted by Crippen LogP contribution is 2.35. The molecule has 1 heterocycles. The highest BCUT2D eigenvalue weighted by Gasteiger charge is 2.23. The number of aryl methyl sites for hydroxylation is 1. The Labute approximate surface area is 164 Å². The molecule has 0 saturated heterocycles. The number of phenolic OH excluding ortho intramolecular Hbond substituents is 1. The molecule has 3 aromatic rings. The van der Waals surface area contributed by atoms with Crippen molar-refractivity contribution in [2.45, 2.75) is 39.2 Å². The zero-order chi connectivity index (χ0) is 19.7. The fourth-order valence-electron chi connectivity index (χ4n) is 4.22. The van der Waals surface area contributed by atoms with Gasteiger partial charge in [-0.2, -0.15) is 5.26 Å². The number of aromatic nitrogens is 1. The number of nitrogens with zero attached hydrogens (tertiary/aromatic N) is 2. The predicted molar refractivity (Wildman–Crippen MR) is 110 cm³/mol. The molecule has 28 heavy (non-hydrogen) atoms. The summed E-state index contributed by atoms with van der Waals surface area (Å²) in [4.78, 5) is 12.3. The Hall–Kier alpha value is -3.26. The highest BCUT2D eigenvalue weighted by molar-refractivity contribution is 5.96. The molecule has 0 aliphatic heterocycles. The number of hydrogen-bond donors (Lipinski definition) is 2. The van der Waals surface area contributed by atoms with Gasteiger partial charge < -0.3 is 15.0 Å². The third-order valence-electron chi connectivity index (χ3n) is 5.63. The van der Waals surface area contributed by atoms with Crippen LogP contribution in [0.15, 0.2) is 42.5 Å². The molecule has 2 aromatic carbocycles. The minimum atomic E-state index is 0.0983. The number of carbonyl (C=O) groups is 1. The molecular formula is C23H23N3O2. The van der Waals surface area contributed by atoms with Crippen molar-refractivity contribution in [3.8, 4) is 23.1 Å². The van der Waals surface area contributed by atoms with E-state index >= 15 is 0 Å². The van der Waals surface area contributed by atoms with Crippen molar-refractivity contribution in [1.29, 1.82) is 5.26 Å². The van der Waals surface area contributed by atoms with Gasteiger partial charge in [0, 0.05) is 29.6 Å². The number of nitrogens with one attached hydrogen (secondary N) is 1. The number of phenols is 1. The lowest BCUT2D eigenvalue weighted by Crippen LogP contribution is -2.20. The molecule has 1 saturated carbocycles. The first-order valence-corrected chi connectivity index (χ1v) is 9.79. The molecule has 1 fully saturated rings. The molecule has 4 rings (SSSR count). The van der Waals surface area contributed by atoms with E-state index in [9.17, 15) is 15.2 Å². The number of anilines is 1. The number of nitriles is 1. The summed E-state index contributed by atoms with van der Waals surface area (Å²) >= 11 is 0. The van der Waals surface area contributed by atoms with Crippen LogP contribution in [0.3, 0.4) is 0 Å². The molecule has 142 valence electrons. The fraction of sp³-hybridized carbons (Fsp3) is 0.304. The average molecular weight is 373 g/mol. The first-order chi connectivity index (χ1) is 13.6. The summed E-state index contributed by atoms with van der Waals surface area (Å²) in [6, 6.07) is 15.1. The van der Waals surface area contributed by atoms with E-state index in [1.54, 1.807) is 18.2 Å². The van der Waals surface area contributed by atoms with E-state index in [0.29, 0.717) is 12.1 Å². The van der Waals surface area contributed by atoms with Crippen molar-refractivity contribution in [2.75, 3.05) is 5.32 Å². The third-order valence-corrected chi connectivity index (χ3v) is 5.63. The first kappa shape index (κ1) is 18.1. The second kappa shape index (κ2) is 7.40. The van der Waals surface area contributed by atoms with Crippen LogP contribution in [0.25, 0.3) is 22.2 Å². The number of hydrogen-bond acceptors (Lipinski definition) is 3. The molecule has 0 atom stereocenters. The molecule has 0 bridgehead atoms. The van der Waals surface area contributed by atoms with Crippen molar-refractivity contribution in [2.24, 2.45) is 5.92 Å². The summed E-state index contributed by atoms with van der Waals surface area (Å²) < 4.78 is 2.04. The van der Waals surface area contributed by atoms with Gasteiger partial charge in [-0.05, 0) is 49.6 Å². The summed E-state index contributed by atoms with van der Waals surface area (Å²) in [7, 11) is 0. The van der Waals surface area contributed by atoms with E-state index in [0.717, 1.165) is 53.5 Å². The number of carbonyl (C=O) groups excluding carboxylic acids is 1. The SMILES string of the molecule is CCn1c(-c2ccc(NC(=O)C3CCCC3)cc2)c(C#N)c2ccc(O)cc21. The Kier molecular flexibility index (Phi) is 4.79. The number of rotatable bonds is 4. The van der Waals surface area contributed by atoms with Crippen LogP contribution in [-0.2, 0) is 11.3 Å². The number of aromatic hydroxyl groups is 1. The monoisotopic (exact) mass is 373 g/mol. The number of benzene rings is 2. The third kappa shape index (κ3) is 3.11. The topological polar surface area (TPSA) is 78.0 Å². The summed E-state index contributed by atoms with van der Waals surface area (Å²) in [5.74, 6) is 0.405. The van der Waals surface area contributed by atoms with Gasteiger partial charge in [0.1, 0.15) is 11.8 Å². The standard InChI is InChI=1S/C23H23N3O2/c1-2-26-21-13-18(27)11-12-19(21)20(14-24)22(26)15-7-9-17(10-8-15)25-23(28)16-5-3-4-6-16/h7-13,16,27H,2-6H2,1H3,(H,25,28). The molecule has 5 heteroatoms. The van der Waals surface area contributed by atoms with Crippen molar-refractivity contribution in [3.63, 3.8) is 0 Å². The van der Waals surface area contributed by atoms with Gasteiger partial charge in [-0.1, -0.05) is 25.0 Å². The van der Waals surface area contributed by atoms with Crippen LogP contribution in [0.2, 0.25) is 0 Å². The molecule has 1 aliphatic rings. The maximum atomic E-state index is 12.3. The summed E-state index contributed by atoms with van der Waals surface area (Å²) in [6.07, 6.45) is 4.20. The Bertz CT molecular complexity index is 1070. The molecule has 1 amide bonds. The molecule has 0 unspecified atom stereocenters. The molecule has 2 N–H and O–H groups in total. The lowest BCUT2D eigenvalue weighted by molar-refractivity contribution is -0.119. The highest BCUT2D eigenvalue weighted by atomic mass is 16.3. The first-order valence-electron chi connectivity index (χ1n) is 9.79. The molecule has 0 radical (unpaired) electrons. The van der Waals surface area contributed by atoms with Gasteiger partial charge >= 0.3 is 0 Å². The van der Waals surface area contributed by atoms with Gasteiger partial charge in [0.05, 0.1) is 16.8 Å². The summed E-state index contributed by atoms with van der Waals surface area (Å²) in [5.41, 5.74) is 3.95. The predicted octanol–water partition coefficient (Wildman–Crippen LogP) is 5.03. The van der Waals surface area contributed by atoms with Crippen molar-refractivity contribution in [3.05, 3.63) is 48.0 Å². The maximum absolute atomic E-state index is 12.3. The van der Waals surface area contributed by atoms with Crippen LogP contribution >= 0.6 is 0 Å². The minimum absolute atomic E-state index is 0.0983. The van der Waals surface area contributed by atoms with Crippen molar-refractivity contribution < 1.29 is 9.90 Å². The van der Waals surface area contributed by atoms with Crippen LogP contribution in [-0.4, -0.2) is 15.6 Å². The van der Waals surface area contributed by atoms with Gasteiger partial charge in [-0.15, -0.1) is 0 Å². The van der Waals surface area contributed by atoms with E-state index in [4.69, 9.17) is 0 Å². The van der Waals surface area contributed by atoms with E-state index in [-0.39, 0.29) is 17.6 Å². The van der Waals surface area contributed by atoms with E-state index in [1.807, 2.05) is 35.8 Å². The Morgan fingerprint density at radius 1 is 1.21 bits per heavy atom. The largest absolute Gasteiger partial charge is 0.508 e. The van der Waals surface area contributed by atoms with Gasteiger partial charge in [0.2, 0.25) is 5.91 Å². The van der Waals surface area contributed by atoms with Crippen molar-refractivity contribution >= 4 is 22.5 Å². The summed E-state index contributed by atoms with van der Waals surface area (Å²) in [6.45, 7) is 2.70. The Morgan fingerprint density at radius 2 is 1.93 bits per heavy atom. The second-order valence-electron chi connectivity index (χ2n) is 7.33. The lowest BCUT2D eigenvalue weighted by Gasteiger charge is -2.12. The minimum Gasteiger partial charge on any atom is -0.508 e. The van der Waals surface area contributed by atoms with Gasteiger partial charge in [-0.3, -0.25) is 4.79 Å². The second-order valence-corrected chi connectivity index (χ2v) is 7.33. The van der Waals surface area contributed by atoms with Gasteiger partial charge in [0.15, 0.2) is 0 Å². The van der Waals surface area contributed by atoms with Crippen LogP contribution < -0.4 is 5.32 Å². The Morgan fingerprint density at radius 3 is 2.57 bits per heavy atom. The summed E-state index contributed by atoms with van der Waals surface area (Å²) in [5, 5.41) is 23.5. The van der Waals surface area contributed by atoms with Gasteiger partial charge in [-0.25, -0.2) is 0 Å². The van der Waals surface area contributed by atoms with Crippen molar-refractivity contribution in [1.82, 2.24) is 4.57 Å². The zero-order valence-corrected chi connectivity index (χ0v) is 15.9. The van der Waals surface area contributed by atoms with Crippen LogP contribution in [0.5, 0.6) is 5.75 Å². The molecule has 5 nitrogen and oxygen atoms in total. The van der Waals surface area contributed by atoms with Gasteiger partial charge in [0.25, 0.3) is 0 Å². The molecule has 1 aliphatic carbocycles. The quantitative estimate of drug-likeness (QED) is 0.673. The average Bonchev–Trinajstić information content (AvgIpc) is 3.34. The zero-order valence-electron chi connectivity index (χ0n) is 15.9. The van der Waals surface area contributed by atoms with Crippen LogP contribution in [0.1, 0.15) is 38.2 Å². The molecule has 1 aromatic heterocycles. The Balaban J connectivity index is 1.70. The number of fused-ring (bicyclic) bond motifs is 1. The van der Waals surface area contributed by atoms with E-state index < -0.39 is 0 Å². The smallest absolute Gasteiger partial charge is 0.227 e. The molecular weight excluding hydrogens is 350 g/mol. The fourth-order valence-corrected chi connectivity index (χ4v) is 4.22. The normalized spacial score (nSPS) is 14.3. The van der Waals surface area contributed by atoms with E-state index in [2.05, 4.69) is 11.4 Å².